The van der Waals surface area contributed by atoms with E-state index in [-0.39, 0.29) is 12.1 Å². The number of nitrogens with zero attached hydrogens (tertiary/aromatic N) is 8. The Hall–Kier alpha value is -2.38. The van der Waals surface area contributed by atoms with Gasteiger partial charge in [-0.25, -0.2) is 0 Å². The van der Waals surface area contributed by atoms with Crippen molar-refractivity contribution in [1.82, 2.24) is 40.4 Å². The van der Waals surface area contributed by atoms with Gasteiger partial charge in [-0.05, 0) is 49.0 Å². The van der Waals surface area contributed by atoms with Crippen LogP contribution in [-0.4, -0.2) is 40.4 Å². The first kappa shape index (κ1) is 15.2. The van der Waals surface area contributed by atoms with Gasteiger partial charge in [0.2, 0.25) is 0 Å². The molecule has 2 aliphatic carbocycles. The van der Waals surface area contributed by atoms with Gasteiger partial charge in [-0.3, -0.25) is 0 Å². The quantitative estimate of drug-likeness (QED) is 0.781. The van der Waals surface area contributed by atoms with Crippen LogP contribution in [-0.2, 0) is 12.8 Å². The summed E-state index contributed by atoms with van der Waals surface area (Å²) < 4.78 is 0. The fourth-order valence-electron chi connectivity index (χ4n) is 3.19. The van der Waals surface area contributed by atoms with Crippen LogP contribution >= 0.6 is 0 Å². The predicted octanol–water partition coefficient (Wildman–Crippen LogP) is 2.01. The molecule has 126 valence electrons. The molecule has 8 heteroatoms. The Morgan fingerprint density at radius 1 is 0.792 bits per heavy atom. The molecule has 2 unspecified atom stereocenters. The van der Waals surface area contributed by atoms with Crippen LogP contribution in [0.5, 0.6) is 0 Å². The van der Waals surface area contributed by atoms with Gasteiger partial charge in [-0.2, -0.15) is 9.59 Å². The molecule has 0 aliphatic heterocycles. The normalized spacial score (nSPS) is 23.7. The Morgan fingerprint density at radius 3 is 1.71 bits per heavy atom. The average Bonchev–Trinajstić information content (AvgIpc) is 3.31. The van der Waals surface area contributed by atoms with Crippen molar-refractivity contribution in [3.8, 4) is 0 Å². The standard InChI is InChI=1S/C16H22N8/c1-3-7-13(8-4-1)23-19-15(17-21-23)11-12-16-18-22-24(20-16)14-9-5-2-6-10-14/h3,5,7,9,13-14H,1-2,4,6,8,10-12H2. The maximum absolute atomic E-state index is 4.49. The number of tetrazole rings is 2. The molecule has 0 spiro atoms. The van der Waals surface area contributed by atoms with Gasteiger partial charge in [0.25, 0.3) is 0 Å². The van der Waals surface area contributed by atoms with Gasteiger partial charge < -0.3 is 0 Å². The second-order valence-electron chi connectivity index (χ2n) is 6.40. The minimum atomic E-state index is 0.247. The summed E-state index contributed by atoms with van der Waals surface area (Å²) in [6.45, 7) is 0. The first-order chi connectivity index (χ1) is 11.9. The SMILES string of the molecule is C1=CC(n2nnc(CCc3nnn(C4C=CCCC4)n3)n2)CCC1. The molecule has 0 radical (unpaired) electrons. The second-order valence-corrected chi connectivity index (χ2v) is 6.40. The van der Waals surface area contributed by atoms with E-state index in [0.29, 0.717) is 12.8 Å². The zero-order valence-corrected chi connectivity index (χ0v) is 13.7. The summed E-state index contributed by atoms with van der Waals surface area (Å²) in [5.74, 6) is 1.48. The predicted molar refractivity (Wildman–Crippen MR) is 87.1 cm³/mol. The highest BCUT2D eigenvalue weighted by Gasteiger charge is 2.16. The summed E-state index contributed by atoms with van der Waals surface area (Å²) in [6, 6.07) is 0.495. The van der Waals surface area contributed by atoms with Crippen molar-refractivity contribution in [1.29, 1.82) is 0 Å². The van der Waals surface area contributed by atoms with Crippen LogP contribution in [0.25, 0.3) is 0 Å². The topological polar surface area (TPSA) is 87.2 Å². The van der Waals surface area contributed by atoms with Crippen molar-refractivity contribution < 1.29 is 0 Å². The molecule has 2 aromatic heterocycles. The number of hydrogen-bond acceptors (Lipinski definition) is 6. The maximum Gasteiger partial charge on any atom is 0.175 e. The second kappa shape index (κ2) is 7.02. The van der Waals surface area contributed by atoms with E-state index in [1.54, 1.807) is 9.59 Å². The van der Waals surface area contributed by atoms with Gasteiger partial charge in [0.05, 0.1) is 12.1 Å². The molecule has 4 rings (SSSR count). The summed E-state index contributed by atoms with van der Waals surface area (Å²) in [7, 11) is 0. The molecule has 8 nitrogen and oxygen atoms in total. The minimum absolute atomic E-state index is 0.247. The summed E-state index contributed by atoms with van der Waals surface area (Å²) in [6.07, 6.45) is 16.9. The van der Waals surface area contributed by atoms with Crippen LogP contribution in [0, 0.1) is 0 Å². The average molecular weight is 326 g/mol. The molecular formula is C16H22N8. The summed E-state index contributed by atoms with van der Waals surface area (Å²) in [5.41, 5.74) is 0. The van der Waals surface area contributed by atoms with Crippen LogP contribution in [0.3, 0.4) is 0 Å². The zero-order valence-electron chi connectivity index (χ0n) is 13.7. The fraction of sp³-hybridized carbons (Fsp3) is 0.625. The number of allylic oxidation sites excluding steroid dienone is 4. The number of aromatic nitrogens is 8. The molecule has 0 saturated carbocycles. The van der Waals surface area contributed by atoms with Crippen molar-refractivity contribution in [3.05, 3.63) is 36.0 Å². The van der Waals surface area contributed by atoms with Gasteiger partial charge in [0, 0.05) is 12.8 Å². The molecule has 0 bridgehead atoms. The smallest absolute Gasteiger partial charge is 0.157 e. The van der Waals surface area contributed by atoms with E-state index in [1.807, 2.05) is 0 Å². The molecule has 24 heavy (non-hydrogen) atoms. The molecule has 0 fully saturated rings. The largest absolute Gasteiger partial charge is 0.175 e. The van der Waals surface area contributed by atoms with Crippen LogP contribution in [0.2, 0.25) is 0 Å². The van der Waals surface area contributed by atoms with E-state index in [0.717, 1.165) is 37.3 Å². The lowest BCUT2D eigenvalue weighted by Gasteiger charge is -2.13. The molecular weight excluding hydrogens is 304 g/mol. The fourth-order valence-corrected chi connectivity index (χ4v) is 3.19. The maximum atomic E-state index is 4.49. The highest BCUT2D eigenvalue weighted by molar-refractivity contribution is 4.97. The summed E-state index contributed by atoms with van der Waals surface area (Å²) >= 11 is 0. The highest BCUT2D eigenvalue weighted by atomic mass is 15.6. The van der Waals surface area contributed by atoms with Crippen LogP contribution in [0.15, 0.2) is 24.3 Å². The molecule has 2 aromatic rings. The van der Waals surface area contributed by atoms with E-state index in [1.165, 1.54) is 12.8 Å². The monoisotopic (exact) mass is 326 g/mol. The van der Waals surface area contributed by atoms with E-state index in [9.17, 15) is 0 Å². The Bertz CT molecular complexity index is 666. The Kier molecular flexibility index (Phi) is 4.44. The molecule has 0 N–H and O–H groups in total. The lowest BCUT2D eigenvalue weighted by atomic mass is 10.0. The highest BCUT2D eigenvalue weighted by Crippen LogP contribution is 2.21. The van der Waals surface area contributed by atoms with E-state index in [4.69, 9.17) is 0 Å². The van der Waals surface area contributed by atoms with Crippen molar-refractivity contribution in [2.75, 3.05) is 0 Å². The number of aryl methyl sites for hydroxylation is 2. The van der Waals surface area contributed by atoms with Crippen LogP contribution in [0.4, 0.5) is 0 Å². The summed E-state index contributed by atoms with van der Waals surface area (Å²) in [4.78, 5) is 3.45. The Morgan fingerprint density at radius 2 is 1.29 bits per heavy atom. The summed E-state index contributed by atoms with van der Waals surface area (Å²) in [5, 5.41) is 25.7. The molecule has 0 amide bonds. The number of hydrogen-bond donors (Lipinski definition) is 0. The Labute approximate surface area is 140 Å². The molecule has 2 atom stereocenters. The minimum Gasteiger partial charge on any atom is -0.157 e. The number of rotatable bonds is 5. The lowest BCUT2D eigenvalue weighted by Crippen LogP contribution is -2.13. The third-order valence-electron chi connectivity index (χ3n) is 4.56. The van der Waals surface area contributed by atoms with Gasteiger partial charge >= 0.3 is 0 Å². The first-order valence-electron chi connectivity index (χ1n) is 8.78. The molecule has 2 aliphatic rings. The van der Waals surface area contributed by atoms with Crippen molar-refractivity contribution in [2.45, 2.75) is 63.5 Å². The zero-order chi connectivity index (χ0) is 16.2. The Balaban J connectivity index is 1.35. The van der Waals surface area contributed by atoms with E-state index < -0.39 is 0 Å². The van der Waals surface area contributed by atoms with E-state index in [2.05, 4.69) is 55.1 Å². The van der Waals surface area contributed by atoms with Gasteiger partial charge in [-0.15, -0.1) is 20.4 Å². The van der Waals surface area contributed by atoms with Crippen molar-refractivity contribution >= 4 is 0 Å². The van der Waals surface area contributed by atoms with Crippen molar-refractivity contribution in [3.63, 3.8) is 0 Å². The van der Waals surface area contributed by atoms with Gasteiger partial charge in [0.15, 0.2) is 11.6 Å². The molecule has 2 heterocycles. The van der Waals surface area contributed by atoms with Gasteiger partial charge in [-0.1, -0.05) is 24.3 Å². The van der Waals surface area contributed by atoms with Gasteiger partial charge in [0.1, 0.15) is 0 Å². The molecule has 0 saturated heterocycles. The third kappa shape index (κ3) is 3.42. The van der Waals surface area contributed by atoms with Crippen LogP contribution < -0.4 is 0 Å². The first-order valence-corrected chi connectivity index (χ1v) is 8.78. The van der Waals surface area contributed by atoms with Crippen LogP contribution in [0.1, 0.15) is 62.3 Å². The third-order valence-corrected chi connectivity index (χ3v) is 4.56. The molecule has 0 aromatic carbocycles. The van der Waals surface area contributed by atoms with Crippen molar-refractivity contribution in [2.24, 2.45) is 0 Å². The van der Waals surface area contributed by atoms with E-state index >= 15 is 0 Å². The lowest BCUT2D eigenvalue weighted by molar-refractivity contribution is 0.415.